The van der Waals surface area contributed by atoms with Crippen LogP contribution in [0.1, 0.15) is 17.9 Å². The molecule has 2 amide bonds. The van der Waals surface area contributed by atoms with Crippen molar-refractivity contribution >= 4 is 11.8 Å². The van der Waals surface area contributed by atoms with Crippen molar-refractivity contribution in [2.45, 2.75) is 18.4 Å². The lowest BCUT2D eigenvalue weighted by Crippen LogP contribution is -2.40. The predicted octanol–water partition coefficient (Wildman–Crippen LogP) is 1.96. The normalized spacial score (nSPS) is 20.0. The van der Waals surface area contributed by atoms with Gasteiger partial charge in [0.15, 0.2) is 0 Å². The van der Waals surface area contributed by atoms with Gasteiger partial charge in [0.1, 0.15) is 17.5 Å². The first kappa shape index (κ1) is 15.1. The maximum absolute atomic E-state index is 12.0. The third-order valence-corrected chi connectivity index (χ3v) is 3.79. The quantitative estimate of drug-likeness (QED) is 0.595. The van der Waals surface area contributed by atoms with E-state index in [1.54, 1.807) is 17.6 Å². The van der Waals surface area contributed by atoms with E-state index in [1.165, 1.54) is 0 Å². The molecule has 6 nitrogen and oxygen atoms in total. The van der Waals surface area contributed by atoms with Crippen molar-refractivity contribution in [3.05, 3.63) is 60.2 Å². The van der Waals surface area contributed by atoms with Crippen LogP contribution in [0, 0.1) is 0 Å². The van der Waals surface area contributed by atoms with Crippen LogP contribution in [0.4, 0.5) is 0 Å². The van der Waals surface area contributed by atoms with Crippen LogP contribution in [0.2, 0.25) is 0 Å². The summed E-state index contributed by atoms with van der Waals surface area (Å²) < 4.78 is 5.70. The second kappa shape index (κ2) is 6.50. The molecule has 0 bridgehead atoms. The minimum atomic E-state index is -0.710. The molecule has 1 aliphatic rings. The fraction of sp³-hybridized carbons (Fsp3) is 0.176. The molecule has 0 radical (unpaired) electrons. The van der Waals surface area contributed by atoms with Crippen LogP contribution in [0.3, 0.4) is 0 Å². The number of rotatable bonds is 4. The Bertz CT molecular complexity index is 700. The highest BCUT2D eigenvalue weighted by Gasteiger charge is 2.36. The van der Waals surface area contributed by atoms with E-state index in [0.29, 0.717) is 12.2 Å². The van der Waals surface area contributed by atoms with Gasteiger partial charge in [-0.15, -0.1) is 0 Å². The lowest BCUT2D eigenvalue weighted by Gasteiger charge is -2.10. The third-order valence-electron chi connectivity index (χ3n) is 3.79. The Morgan fingerprint density at radius 3 is 2.39 bits per heavy atom. The molecule has 0 saturated carbocycles. The Labute approximate surface area is 133 Å². The molecular weight excluding hydrogens is 296 g/mol. The van der Waals surface area contributed by atoms with E-state index >= 15 is 0 Å². The smallest absolute Gasteiger partial charge is 0.265 e. The molecule has 1 heterocycles. The predicted molar refractivity (Wildman–Crippen MR) is 82.2 cm³/mol. The van der Waals surface area contributed by atoms with Crippen molar-refractivity contribution < 1.29 is 19.5 Å². The van der Waals surface area contributed by atoms with Crippen molar-refractivity contribution in [3.63, 3.8) is 0 Å². The van der Waals surface area contributed by atoms with Gasteiger partial charge in [0.25, 0.3) is 5.91 Å². The summed E-state index contributed by atoms with van der Waals surface area (Å²) in [6, 6.07) is 15.9. The number of benzene rings is 2. The Hall–Kier alpha value is -2.86. The van der Waals surface area contributed by atoms with Crippen LogP contribution >= 0.6 is 0 Å². The second-order valence-corrected chi connectivity index (χ2v) is 5.31. The number of carbonyl (C=O) groups is 2. The zero-order chi connectivity index (χ0) is 16.2. The largest absolute Gasteiger partial charge is 0.457 e. The Balaban J connectivity index is 1.70. The number of para-hydroxylation sites is 1. The van der Waals surface area contributed by atoms with Crippen molar-refractivity contribution in [2.24, 2.45) is 0 Å². The summed E-state index contributed by atoms with van der Waals surface area (Å²) in [7, 11) is 0. The number of hydrogen-bond donors (Lipinski definition) is 3. The second-order valence-electron chi connectivity index (χ2n) is 5.31. The highest BCUT2D eigenvalue weighted by molar-refractivity contribution is 5.94. The summed E-state index contributed by atoms with van der Waals surface area (Å²) in [4.78, 5) is 23.4. The van der Waals surface area contributed by atoms with Crippen LogP contribution in [0.5, 0.6) is 11.5 Å². The average molecular weight is 312 g/mol. The molecule has 118 valence electrons. The molecule has 2 atom stereocenters. The molecule has 2 aromatic carbocycles. The number of amides is 2. The number of ether oxygens (including phenoxy) is 1. The van der Waals surface area contributed by atoms with E-state index in [2.05, 4.69) is 5.32 Å². The molecule has 6 heteroatoms. The number of hydrogen-bond acceptors (Lipinski definition) is 4. The first-order chi connectivity index (χ1) is 11.2. The van der Waals surface area contributed by atoms with Gasteiger partial charge < -0.3 is 10.1 Å². The lowest BCUT2D eigenvalue weighted by atomic mass is 9.95. The highest BCUT2D eigenvalue weighted by Crippen LogP contribution is 2.29. The van der Waals surface area contributed by atoms with Gasteiger partial charge in [-0.1, -0.05) is 30.3 Å². The fourth-order valence-electron chi connectivity index (χ4n) is 2.60. The van der Waals surface area contributed by atoms with Crippen LogP contribution < -0.4 is 15.5 Å². The fourth-order valence-corrected chi connectivity index (χ4v) is 2.60. The molecule has 0 spiro atoms. The number of nitrogens with one attached hydrogen (secondary N) is 2. The monoisotopic (exact) mass is 312 g/mol. The van der Waals surface area contributed by atoms with E-state index in [0.717, 1.165) is 11.3 Å². The summed E-state index contributed by atoms with van der Waals surface area (Å²) in [5, 5.41) is 11.2. The van der Waals surface area contributed by atoms with E-state index in [-0.39, 0.29) is 5.91 Å². The lowest BCUT2D eigenvalue weighted by molar-refractivity contribution is -0.132. The Morgan fingerprint density at radius 1 is 1.09 bits per heavy atom. The molecule has 0 aliphatic carbocycles. The summed E-state index contributed by atoms with van der Waals surface area (Å²) in [6.45, 7) is 0. The molecule has 2 aromatic rings. The topological polar surface area (TPSA) is 87.7 Å². The number of carbonyl (C=O) groups excluding carboxylic acids is 2. The van der Waals surface area contributed by atoms with Crippen LogP contribution in [-0.2, 0) is 9.59 Å². The van der Waals surface area contributed by atoms with Gasteiger partial charge in [-0.2, -0.15) is 0 Å². The summed E-state index contributed by atoms with van der Waals surface area (Å²) in [5.41, 5.74) is 2.36. The molecular formula is C17H16N2O4. The van der Waals surface area contributed by atoms with Crippen molar-refractivity contribution in [3.8, 4) is 11.5 Å². The van der Waals surface area contributed by atoms with Crippen LogP contribution in [0.15, 0.2) is 54.6 Å². The van der Waals surface area contributed by atoms with Crippen molar-refractivity contribution in [1.82, 2.24) is 10.8 Å². The first-order valence-corrected chi connectivity index (χ1v) is 7.24. The van der Waals surface area contributed by atoms with Crippen molar-refractivity contribution in [2.75, 3.05) is 0 Å². The third kappa shape index (κ3) is 3.32. The van der Waals surface area contributed by atoms with Gasteiger partial charge in [-0.3, -0.25) is 14.8 Å². The van der Waals surface area contributed by atoms with E-state index in [9.17, 15) is 9.59 Å². The van der Waals surface area contributed by atoms with Crippen LogP contribution in [-0.4, -0.2) is 23.1 Å². The molecule has 3 rings (SSSR count). The summed E-state index contributed by atoms with van der Waals surface area (Å²) >= 11 is 0. The molecule has 0 unspecified atom stereocenters. The summed E-state index contributed by atoms with van der Waals surface area (Å²) in [6.07, 6.45) is 0.310. The Kier molecular flexibility index (Phi) is 4.25. The van der Waals surface area contributed by atoms with Gasteiger partial charge in [0.05, 0.1) is 5.92 Å². The van der Waals surface area contributed by atoms with Gasteiger partial charge in [-0.05, 0) is 36.2 Å². The molecule has 0 aromatic heterocycles. The molecule has 23 heavy (non-hydrogen) atoms. The maximum atomic E-state index is 12.0. The minimum absolute atomic E-state index is 0.227. The van der Waals surface area contributed by atoms with E-state index in [1.807, 2.05) is 42.5 Å². The van der Waals surface area contributed by atoms with Gasteiger partial charge in [0, 0.05) is 0 Å². The van der Waals surface area contributed by atoms with Gasteiger partial charge in [-0.25, -0.2) is 5.48 Å². The van der Waals surface area contributed by atoms with Crippen molar-refractivity contribution in [1.29, 1.82) is 0 Å². The van der Waals surface area contributed by atoms with E-state index in [4.69, 9.17) is 9.94 Å². The van der Waals surface area contributed by atoms with E-state index < -0.39 is 17.9 Å². The zero-order valence-electron chi connectivity index (χ0n) is 12.2. The average Bonchev–Trinajstić information content (AvgIpc) is 2.98. The molecule has 1 saturated heterocycles. The van der Waals surface area contributed by atoms with Crippen LogP contribution in [0.25, 0.3) is 0 Å². The standard InChI is InChI=1S/C17H16N2O4/c20-16-14(10-15(18-16)17(21)19-22)11-6-8-13(9-7-11)23-12-4-2-1-3-5-12/h1-9,14-15,22H,10H2,(H,18,20)(H,19,21)/t14-,15+/m0/s1. The minimum Gasteiger partial charge on any atom is -0.457 e. The highest BCUT2D eigenvalue weighted by atomic mass is 16.5. The SMILES string of the molecule is O=C1N[C@@H](C(=O)NO)C[C@H]1c1ccc(Oc2ccccc2)cc1. The maximum Gasteiger partial charge on any atom is 0.265 e. The zero-order valence-corrected chi connectivity index (χ0v) is 12.2. The molecule has 3 N–H and O–H groups in total. The molecule has 1 fully saturated rings. The van der Waals surface area contributed by atoms with Gasteiger partial charge >= 0.3 is 0 Å². The summed E-state index contributed by atoms with van der Waals surface area (Å²) in [5.74, 6) is 0.157. The Morgan fingerprint density at radius 2 is 1.74 bits per heavy atom. The first-order valence-electron chi connectivity index (χ1n) is 7.24. The van der Waals surface area contributed by atoms with Gasteiger partial charge in [0.2, 0.25) is 5.91 Å². The number of hydroxylamine groups is 1. The molecule has 1 aliphatic heterocycles.